The number of ether oxygens (including phenoxy) is 3. The maximum Gasteiger partial charge on any atom is 0.331 e. The van der Waals surface area contributed by atoms with Crippen LogP contribution in [0.1, 0.15) is 11.1 Å². The highest BCUT2D eigenvalue weighted by atomic mass is 16.6. The van der Waals surface area contributed by atoms with Gasteiger partial charge in [-0.1, -0.05) is 24.3 Å². The molecule has 0 saturated carbocycles. The fraction of sp³-hybridized carbons (Fsp3) is 0.250. The monoisotopic (exact) mass is 456 g/mol. The first-order valence-electron chi connectivity index (χ1n) is 10.1. The summed E-state index contributed by atoms with van der Waals surface area (Å²) in [5.41, 5.74) is 1.33. The molecule has 1 heterocycles. The fourth-order valence-electron chi connectivity index (χ4n) is 3.13. The highest BCUT2D eigenvalue weighted by molar-refractivity contribution is 5.87. The molecule has 1 aliphatic heterocycles. The van der Waals surface area contributed by atoms with E-state index in [1.165, 1.54) is 42.5 Å². The zero-order valence-corrected chi connectivity index (χ0v) is 17.5. The molecule has 0 spiro atoms. The van der Waals surface area contributed by atoms with E-state index in [-0.39, 0.29) is 18.1 Å². The van der Waals surface area contributed by atoms with Gasteiger partial charge < -0.3 is 34.6 Å². The molecule has 0 bridgehead atoms. The van der Waals surface area contributed by atoms with Crippen molar-refractivity contribution < 1.29 is 44.2 Å². The molecule has 2 aromatic carbocycles. The standard InChI is InChI=1S/C24H24O9/c25-13-19-24(33-22(29)12-6-16-3-9-18(27)10-4-16)23(30)20(32-19)14-31-21(28)11-5-15-1-7-17(26)8-2-15/h1-12,19-20,23-27,30H,13-14H2/t19-,20-,23-,24-/m1/s1. The van der Waals surface area contributed by atoms with Gasteiger partial charge in [-0.3, -0.25) is 0 Å². The lowest BCUT2D eigenvalue weighted by molar-refractivity contribution is -0.150. The molecule has 1 saturated heterocycles. The molecule has 1 fully saturated rings. The van der Waals surface area contributed by atoms with Gasteiger partial charge in [0.2, 0.25) is 0 Å². The summed E-state index contributed by atoms with van der Waals surface area (Å²) in [5.74, 6) is -1.25. The molecule has 0 unspecified atom stereocenters. The number of aliphatic hydroxyl groups excluding tert-OH is 2. The van der Waals surface area contributed by atoms with Crippen LogP contribution in [0.5, 0.6) is 11.5 Å². The van der Waals surface area contributed by atoms with Gasteiger partial charge in [0.05, 0.1) is 6.61 Å². The molecule has 2 aromatic rings. The minimum absolute atomic E-state index is 0.0920. The van der Waals surface area contributed by atoms with E-state index >= 15 is 0 Å². The topological polar surface area (TPSA) is 143 Å². The van der Waals surface area contributed by atoms with Crippen molar-refractivity contribution in [2.24, 2.45) is 0 Å². The van der Waals surface area contributed by atoms with Gasteiger partial charge in [-0.2, -0.15) is 0 Å². The summed E-state index contributed by atoms with van der Waals surface area (Å²) in [4.78, 5) is 24.1. The Bertz CT molecular complexity index is 996. The van der Waals surface area contributed by atoms with E-state index < -0.39 is 43.0 Å². The third kappa shape index (κ3) is 6.91. The van der Waals surface area contributed by atoms with Crippen molar-refractivity contribution in [3.05, 3.63) is 71.8 Å². The summed E-state index contributed by atoms with van der Waals surface area (Å²) in [6.07, 6.45) is 0.852. The van der Waals surface area contributed by atoms with Gasteiger partial charge in [0.25, 0.3) is 0 Å². The minimum Gasteiger partial charge on any atom is -0.508 e. The van der Waals surface area contributed by atoms with Crippen LogP contribution < -0.4 is 0 Å². The third-order valence-corrected chi connectivity index (χ3v) is 4.87. The number of aromatic hydroxyl groups is 2. The van der Waals surface area contributed by atoms with Crippen LogP contribution in [-0.4, -0.2) is 70.0 Å². The van der Waals surface area contributed by atoms with Crippen LogP contribution in [0.15, 0.2) is 60.7 Å². The summed E-state index contributed by atoms with van der Waals surface area (Å²) in [6, 6.07) is 12.3. The number of carbonyl (C=O) groups excluding carboxylic acids is 2. The fourth-order valence-corrected chi connectivity index (χ4v) is 3.13. The summed E-state index contributed by atoms with van der Waals surface area (Å²) in [7, 11) is 0. The van der Waals surface area contributed by atoms with Crippen LogP contribution in [0.2, 0.25) is 0 Å². The van der Waals surface area contributed by atoms with Gasteiger partial charge in [0.1, 0.15) is 36.4 Å². The Balaban J connectivity index is 1.51. The summed E-state index contributed by atoms with van der Waals surface area (Å²) in [6.45, 7) is -0.824. The largest absolute Gasteiger partial charge is 0.508 e. The molecule has 3 rings (SSSR count). The van der Waals surface area contributed by atoms with Crippen LogP contribution in [0.4, 0.5) is 0 Å². The number of rotatable bonds is 8. The van der Waals surface area contributed by atoms with Crippen LogP contribution in [-0.2, 0) is 23.8 Å². The van der Waals surface area contributed by atoms with Gasteiger partial charge in [-0.05, 0) is 47.5 Å². The molecule has 0 amide bonds. The molecule has 4 atom stereocenters. The van der Waals surface area contributed by atoms with E-state index in [0.717, 1.165) is 6.08 Å². The summed E-state index contributed by atoms with van der Waals surface area (Å²) in [5, 5.41) is 38.5. The van der Waals surface area contributed by atoms with Gasteiger partial charge in [-0.25, -0.2) is 9.59 Å². The second-order valence-electron chi connectivity index (χ2n) is 7.27. The van der Waals surface area contributed by atoms with Crippen molar-refractivity contribution in [3.63, 3.8) is 0 Å². The molecule has 1 aliphatic rings. The summed E-state index contributed by atoms with van der Waals surface area (Å²) < 4.78 is 15.8. The third-order valence-electron chi connectivity index (χ3n) is 4.87. The second kappa shape index (κ2) is 11.3. The van der Waals surface area contributed by atoms with E-state index in [4.69, 9.17) is 14.2 Å². The lowest BCUT2D eigenvalue weighted by Gasteiger charge is -2.18. The number of phenols is 2. The quantitative estimate of drug-likeness (QED) is 0.342. The molecular formula is C24H24O9. The average molecular weight is 456 g/mol. The van der Waals surface area contributed by atoms with Gasteiger partial charge in [0.15, 0.2) is 6.10 Å². The number of hydrogen-bond acceptors (Lipinski definition) is 9. The first-order chi connectivity index (χ1) is 15.9. The number of phenolic OH excluding ortho intramolecular Hbond substituents is 2. The number of aliphatic hydroxyl groups is 2. The molecule has 33 heavy (non-hydrogen) atoms. The number of benzene rings is 2. The van der Waals surface area contributed by atoms with Gasteiger partial charge in [-0.15, -0.1) is 0 Å². The Kier molecular flexibility index (Phi) is 8.20. The molecule has 174 valence electrons. The molecule has 9 nitrogen and oxygen atoms in total. The number of hydrogen-bond donors (Lipinski definition) is 4. The Morgan fingerprint density at radius 3 is 1.88 bits per heavy atom. The zero-order valence-electron chi connectivity index (χ0n) is 17.5. The van der Waals surface area contributed by atoms with Crippen LogP contribution in [0, 0.1) is 0 Å². The first kappa shape index (κ1) is 24.0. The van der Waals surface area contributed by atoms with Gasteiger partial charge in [0, 0.05) is 12.2 Å². The van der Waals surface area contributed by atoms with Crippen molar-refractivity contribution in [1.82, 2.24) is 0 Å². The highest BCUT2D eigenvalue weighted by Gasteiger charge is 2.46. The Morgan fingerprint density at radius 1 is 0.848 bits per heavy atom. The lowest BCUT2D eigenvalue weighted by Crippen LogP contribution is -2.39. The predicted octanol–water partition coefficient (Wildman–Crippen LogP) is 1.40. The summed E-state index contributed by atoms with van der Waals surface area (Å²) >= 11 is 0. The lowest BCUT2D eigenvalue weighted by atomic mass is 10.1. The van der Waals surface area contributed by atoms with Gasteiger partial charge >= 0.3 is 11.9 Å². The smallest absolute Gasteiger partial charge is 0.331 e. The Hall–Kier alpha value is -3.66. The maximum atomic E-state index is 12.1. The normalized spacial score (nSPS) is 22.6. The van der Waals surface area contributed by atoms with Crippen molar-refractivity contribution >= 4 is 24.1 Å². The van der Waals surface area contributed by atoms with Crippen LogP contribution in [0.3, 0.4) is 0 Å². The second-order valence-corrected chi connectivity index (χ2v) is 7.27. The SMILES string of the molecule is O=C(C=Cc1ccc(O)cc1)OC[C@H]1O[C@H](CO)[C@@H](OC(=O)C=Cc2ccc(O)cc2)[C@@H]1O. The predicted molar refractivity (Wildman–Crippen MR) is 117 cm³/mol. The van der Waals surface area contributed by atoms with Crippen LogP contribution >= 0.6 is 0 Å². The number of carbonyl (C=O) groups is 2. The van der Waals surface area contributed by atoms with E-state index in [9.17, 15) is 30.0 Å². The van der Waals surface area contributed by atoms with Crippen molar-refractivity contribution in [2.75, 3.05) is 13.2 Å². The molecular weight excluding hydrogens is 432 g/mol. The molecule has 0 radical (unpaired) electrons. The minimum atomic E-state index is -1.32. The van der Waals surface area contributed by atoms with E-state index in [1.54, 1.807) is 24.3 Å². The van der Waals surface area contributed by atoms with E-state index in [0.29, 0.717) is 11.1 Å². The van der Waals surface area contributed by atoms with E-state index in [2.05, 4.69) is 0 Å². The Labute approximate surface area is 189 Å². The molecule has 9 heteroatoms. The Morgan fingerprint density at radius 2 is 1.36 bits per heavy atom. The van der Waals surface area contributed by atoms with Crippen LogP contribution in [0.25, 0.3) is 12.2 Å². The maximum absolute atomic E-state index is 12.1. The number of esters is 2. The van der Waals surface area contributed by atoms with E-state index in [1.807, 2.05) is 0 Å². The average Bonchev–Trinajstić information content (AvgIpc) is 3.11. The van der Waals surface area contributed by atoms with Crippen molar-refractivity contribution in [3.8, 4) is 11.5 Å². The molecule has 0 aliphatic carbocycles. The molecule has 0 aromatic heterocycles. The first-order valence-corrected chi connectivity index (χ1v) is 10.1. The zero-order chi connectivity index (χ0) is 23.8. The highest BCUT2D eigenvalue weighted by Crippen LogP contribution is 2.25. The van der Waals surface area contributed by atoms with Crippen molar-refractivity contribution in [1.29, 1.82) is 0 Å². The van der Waals surface area contributed by atoms with Crippen molar-refractivity contribution in [2.45, 2.75) is 24.4 Å². The molecule has 4 N–H and O–H groups in total.